The number of halogens is 1. The average Bonchev–Trinajstić information content (AvgIpc) is 2.54. The molecule has 0 saturated carbocycles. The first kappa shape index (κ1) is 16.6. The van der Waals surface area contributed by atoms with Crippen LogP contribution in [-0.4, -0.2) is 19.6 Å². The number of benzene rings is 2. The Morgan fingerprint density at radius 1 is 1.18 bits per heavy atom. The van der Waals surface area contributed by atoms with Gasteiger partial charge in [0.2, 0.25) is 0 Å². The highest BCUT2D eigenvalue weighted by Crippen LogP contribution is 2.22. The minimum absolute atomic E-state index is 0.150. The van der Waals surface area contributed by atoms with Gasteiger partial charge in [-0.3, -0.25) is 4.79 Å². The Morgan fingerprint density at radius 2 is 1.91 bits per heavy atom. The van der Waals surface area contributed by atoms with Crippen LogP contribution in [0, 0.1) is 3.57 Å². The van der Waals surface area contributed by atoms with Gasteiger partial charge in [-0.2, -0.15) is 0 Å². The van der Waals surface area contributed by atoms with Gasteiger partial charge in [-0.25, -0.2) is 0 Å². The smallest absolute Gasteiger partial charge is 0.255 e. The van der Waals surface area contributed by atoms with Gasteiger partial charge in [0.05, 0.1) is 17.3 Å². The van der Waals surface area contributed by atoms with Crippen molar-refractivity contribution in [2.24, 2.45) is 0 Å². The van der Waals surface area contributed by atoms with E-state index in [9.17, 15) is 4.79 Å². The summed E-state index contributed by atoms with van der Waals surface area (Å²) in [6.07, 6.45) is 0.967. The molecule has 0 fully saturated rings. The molecule has 0 aliphatic carbocycles. The molecular weight excluding hydrogens is 393 g/mol. The van der Waals surface area contributed by atoms with Gasteiger partial charge in [0, 0.05) is 11.3 Å². The zero-order valence-corrected chi connectivity index (χ0v) is 14.7. The maximum Gasteiger partial charge on any atom is 0.255 e. The van der Waals surface area contributed by atoms with Crippen molar-refractivity contribution in [3.8, 4) is 11.5 Å². The number of rotatable bonds is 6. The van der Waals surface area contributed by atoms with Crippen molar-refractivity contribution in [1.29, 1.82) is 0 Å². The van der Waals surface area contributed by atoms with Crippen LogP contribution in [0.3, 0.4) is 0 Å². The highest BCUT2D eigenvalue weighted by atomic mass is 127. The van der Waals surface area contributed by atoms with Crippen molar-refractivity contribution >= 4 is 34.2 Å². The molecule has 0 aromatic heterocycles. The summed E-state index contributed by atoms with van der Waals surface area (Å²) in [5, 5.41) is 2.87. The number of hydrogen-bond acceptors (Lipinski definition) is 3. The number of carbonyl (C=O) groups is 1. The Bertz CT molecular complexity index is 641. The van der Waals surface area contributed by atoms with E-state index in [1.807, 2.05) is 24.3 Å². The number of carbonyl (C=O) groups excluding carboxylic acids is 1. The molecule has 0 aliphatic heterocycles. The average molecular weight is 411 g/mol. The van der Waals surface area contributed by atoms with Gasteiger partial charge in [-0.05, 0) is 71.5 Å². The van der Waals surface area contributed by atoms with Gasteiger partial charge in [-0.15, -0.1) is 0 Å². The first-order valence-corrected chi connectivity index (χ1v) is 8.09. The zero-order chi connectivity index (χ0) is 15.9. The third kappa shape index (κ3) is 4.37. The molecule has 0 bridgehead atoms. The van der Waals surface area contributed by atoms with E-state index in [4.69, 9.17) is 9.47 Å². The number of amides is 1. The van der Waals surface area contributed by atoms with Crippen LogP contribution in [0.25, 0.3) is 0 Å². The lowest BCUT2D eigenvalue weighted by Gasteiger charge is -2.09. The van der Waals surface area contributed by atoms with Crippen LogP contribution in [-0.2, 0) is 0 Å². The standard InChI is InChI=1S/C17H18INO3/c1-3-10-22-14-7-5-13(6-8-14)19-17(20)12-4-9-16(21-2)15(18)11-12/h4-9,11H,3,10H2,1-2H3,(H,19,20). The Kier molecular flexibility index (Phi) is 6.06. The molecule has 2 rings (SSSR count). The largest absolute Gasteiger partial charge is 0.496 e. The summed E-state index contributed by atoms with van der Waals surface area (Å²) in [6, 6.07) is 12.7. The highest BCUT2D eigenvalue weighted by Gasteiger charge is 2.09. The molecule has 2 aromatic rings. The molecule has 0 saturated heterocycles. The monoisotopic (exact) mass is 411 g/mol. The van der Waals surface area contributed by atoms with Crippen LogP contribution in [0.4, 0.5) is 5.69 Å². The Hall–Kier alpha value is -1.76. The summed E-state index contributed by atoms with van der Waals surface area (Å²) >= 11 is 2.15. The number of methoxy groups -OCH3 is 1. The molecule has 22 heavy (non-hydrogen) atoms. The maximum absolute atomic E-state index is 12.2. The Balaban J connectivity index is 2.03. The van der Waals surface area contributed by atoms with Crippen molar-refractivity contribution in [2.45, 2.75) is 13.3 Å². The molecule has 1 N–H and O–H groups in total. The second kappa shape index (κ2) is 8.03. The molecule has 0 atom stereocenters. The lowest BCUT2D eigenvalue weighted by Crippen LogP contribution is -2.12. The summed E-state index contributed by atoms with van der Waals surface area (Å²) < 4.78 is 11.6. The van der Waals surface area contributed by atoms with Crippen LogP contribution in [0.5, 0.6) is 11.5 Å². The third-order valence-electron chi connectivity index (χ3n) is 3.00. The van der Waals surface area contributed by atoms with Crippen molar-refractivity contribution in [3.05, 3.63) is 51.6 Å². The summed E-state index contributed by atoms with van der Waals surface area (Å²) in [7, 11) is 1.61. The summed E-state index contributed by atoms with van der Waals surface area (Å²) in [5.74, 6) is 1.41. The van der Waals surface area contributed by atoms with Crippen LogP contribution in [0.15, 0.2) is 42.5 Å². The second-order valence-corrected chi connectivity index (χ2v) is 5.84. The summed E-state index contributed by atoms with van der Waals surface area (Å²) in [5.41, 5.74) is 1.33. The fraction of sp³-hybridized carbons (Fsp3) is 0.235. The molecule has 116 valence electrons. The number of nitrogens with one attached hydrogen (secondary N) is 1. The van der Waals surface area contributed by atoms with Crippen molar-refractivity contribution in [1.82, 2.24) is 0 Å². The Morgan fingerprint density at radius 3 is 2.50 bits per heavy atom. The molecule has 0 aliphatic rings. The molecule has 0 heterocycles. The molecule has 4 nitrogen and oxygen atoms in total. The van der Waals surface area contributed by atoms with E-state index >= 15 is 0 Å². The Labute approximate surface area is 144 Å². The lowest BCUT2D eigenvalue weighted by molar-refractivity contribution is 0.102. The quantitative estimate of drug-likeness (QED) is 0.720. The van der Waals surface area contributed by atoms with Crippen LogP contribution in [0.1, 0.15) is 23.7 Å². The fourth-order valence-electron chi connectivity index (χ4n) is 1.87. The summed E-state index contributed by atoms with van der Waals surface area (Å²) in [6.45, 7) is 2.75. The topological polar surface area (TPSA) is 47.6 Å². The van der Waals surface area contributed by atoms with Gasteiger partial charge in [0.15, 0.2) is 0 Å². The first-order chi connectivity index (χ1) is 10.6. The van der Waals surface area contributed by atoms with E-state index in [0.29, 0.717) is 12.2 Å². The van der Waals surface area contributed by atoms with Crippen LogP contribution >= 0.6 is 22.6 Å². The van der Waals surface area contributed by atoms with Gasteiger partial charge >= 0.3 is 0 Å². The summed E-state index contributed by atoms with van der Waals surface area (Å²) in [4.78, 5) is 12.2. The van der Waals surface area contributed by atoms with Crippen molar-refractivity contribution in [2.75, 3.05) is 19.0 Å². The van der Waals surface area contributed by atoms with E-state index in [1.165, 1.54) is 0 Å². The molecule has 5 heteroatoms. The van der Waals surface area contributed by atoms with Crippen molar-refractivity contribution < 1.29 is 14.3 Å². The van der Waals surface area contributed by atoms with Gasteiger partial charge in [0.1, 0.15) is 11.5 Å². The fourth-order valence-corrected chi connectivity index (χ4v) is 2.60. The van der Waals surface area contributed by atoms with E-state index < -0.39 is 0 Å². The van der Waals surface area contributed by atoms with Crippen molar-refractivity contribution in [3.63, 3.8) is 0 Å². The van der Waals surface area contributed by atoms with E-state index in [0.717, 1.165) is 27.2 Å². The maximum atomic E-state index is 12.2. The lowest BCUT2D eigenvalue weighted by atomic mass is 10.2. The minimum Gasteiger partial charge on any atom is -0.496 e. The highest BCUT2D eigenvalue weighted by molar-refractivity contribution is 14.1. The predicted octanol–water partition coefficient (Wildman–Crippen LogP) is 4.34. The second-order valence-electron chi connectivity index (χ2n) is 4.68. The normalized spacial score (nSPS) is 10.1. The van der Waals surface area contributed by atoms with Crippen LogP contribution in [0.2, 0.25) is 0 Å². The number of anilines is 1. The van der Waals surface area contributed by atoms with Crippen LogP contribution < -0.4 is 14.8 Å². The molecule has 2 aromatic carbocycles. The molecule has 0 spiro atoms. The van der Waals surface area contributed by atoms with E-state index in [1.54, 1.807) is 25.3 Å². The number of hydrogen-bond donors (Lipinski definition) is 1. The first-order valence-electron chi connectivity index (χ1n) is 7.01. The predicted molar refractivity (Wildman–Crippen MR) is 95.9 cm³/mol. The molecule has 0 unspecified atom stereocenters. The SMILES string of the molecule is CCCOc1ccc(NC(=O)c2ccc(OC)c(I)c2)cc1. The van der Waals surface area contributed by atoms with E-state index in [2.05, 4.69) is 34.8 Å². The van der Waals surface area contributed by atoms with Gasteiger partial charge in [-0.1, -0.05) is 6.92 Å². The number of ether oxygens (including phenoxy) is 2. The minimum atomic E-state index is -0.150. The third-order valence-corrected chi connectivity index (χ3v) is 3.84. The molecule has 0 radical (unpaired) electrons. The van der Waals surface area contributed by atoms with Gasteiger partial charge in [0.25, 0.3) is 5.91 Å². The van der Waals surface area contributed by atoms with E-state index in [-0.39, 0.29) is 5.91 Å². The molecular formula is C17H18INO3. The zero-order valence-electron chi connectivity index (χ0n) is 12.6. The van der Waals surface area contributed by atoms with Gasteiger partial charge < -0.3 is 14.8 Å². The molecule has 1 amide bonds.